The van der Waals surface area contributed by atoms with Crippen molar-refractivity contribution in [3.63, 3.8) is 0 Å². The summed E-state index contributed by atoms with van der Waals surface area (Å²) in [6.07, 6.45) is -9.61. The van der Waals surface area contributed by atoms with Crippen LogP contribution in [0.4, 0.5) is 20.4 Å². The summed E-state index contributed by atoms with van der Waals surface area (Å²) in [4.78, 5) is 30.9. The van der Waals surface area contributed by atoms with E-state index >= 15 is 8.78 Å². The number of pyridine rings is 1. The summed E-state index contributed by atoms with van der Waals surface area (Å²) < 4.78 is 94.3. The summed E-state index contributed by atoms with van der Waals surface area (Å²) in [7, 11) is 0. The van der Waals surface area contributed by atoms with Crippen LogP contribution in [0.15, 0.2) is 29.7 Å². The normalized spacial score (nSPS) is 37.7. The number of hydrogen-bond acceptors (Lipinski definition) is 15. The van der Waals surface area contributed by atoms with Gasteiger partial charge in [0, 0.05) is 6.20 Å². The molecule has 3 fully saturated rings. The summed E-state index contributed by atoms with van der Waals surface area (Å²) in [5.41, 5.74) is 11.4. The maximum Gasteiger partial charge on any atom is 0.386 e. The van der Waals surface area contributed by atoms with Gasteiger partial charge in [-0.25, -0.2) is 32.9 Å². The molecular formula is C21H23F2N9O9P2S2. The zero-order chi connectivity index (χ0) is 31.8. The van der Waals surface area contributed by atoms with Gasteiger partial charge < -0.3 is 20.9 Å². The second kappa shape index (κ2) is 11.3. The first-order valence-corrected chi connectivity index (χ1v) is 18.4. The van der Waals surface area contributed by atoms with Gasteiger partial charge in [-0.2, -0.15) is 4.98 Å². The predicted molar refractivity (Wildman–Crippen MR) is 157 cm³/mol. The number of fused-ring (bicyclic) bond motifs is 5. The molecule has 45 heavy (non-hydrogen) atoms. The summed E-state index contributed by atoms with van der Waals surface area (Å²) in [5.74, 6) is -0.265. The van der Waals surface area contributed by atoms with Crippen molar-refractivity contribution < 1.29 is 45.5 Å². The Kier molecular flexibility index (Phi) is 7.75. The number of hydrogen-bond donors (Lipinski definition) is 5. The Morgan fingerprint density at radius 3 is 2.22 bits per heavy atom. The first-order valence-electron chi connectivity index (χ1n) is 13.0. The molecule has 0 amide bonds. The molecule has 18 nitrogen and oxygen atoms in total. The number of nitrogen functional groups attached to an aromatic ring is 2. The third kappa shape index (κ3) is 5.56. The minimum absolute atomic E-state index is 0.103. The molecule has 4 aromatic rings. The van der Waals surface area contributed by atoms with Crippen molar-refractivity contribution in [1.29, 1.82) is 0 Å². The van der Waals surface area contributed by atoms with Crippen molar-refractivity contribution in [3.8, 4) is 0 Å². The number of nitrogens with two attached hydrogens (primary N) is 2. The average molecular weight is 710 g/mol. The van der Waals surface area contributed by atoms with Gasteiger partial charge in [-0.1, -0.05) is 24.5 Å². The van der Waals surface area contributed by atoms with Gasteiger partial charge in [-0.05, 0) is 6.07 Å². The minimum atomic E-state index is -4.49. The van der Waals surface area contributed by atoms with Crippen LogP contribution in [0.5, 0.6) is 0 Å². The van der Waals surface area contributed by atoms with Gasteiger partial charge in [0.15, 0.2) is 41.6 Å². The van der Waals surface area contributed by atoms with Crippen LogP contribution in [-0.4, -0.2) is 84.0 Å². The van der Waals surface area contributed by atoms with Crippen molar-refractivity contribution in [2.45, 2.75) is 49.2 Å². The van der Waals surface area contributed by atoms with E-state index in [1.165, 1.54) is 23.2 Å². The number of anilines is 2. The van der Waals surface area contributed by atoms with Crippen LogP contribution < -0.4 is 17.0 Å². The van der Waals surface area contributed by atoms with Crippen LogP contribution in [0.3, 0.4) is 0 Å². The number of thiol groups is 2. The molecule has 5 N–H and O–H groups in total. The number of ether oxygens (including phenoxy) is 2. The van der Waals surface area contributed by atoms with Gasteiger partial charge in [0.2, 0.25) is 5.95 Å². The monoisotopic (exact) mass is 709 g/mol. The quantitative estimate of drug-likeness (QED) is 0.148. The zero-order valence-electron chi connectivity index (χ0n) is 22.4. The molecule has 24 heteroatoms. The maximum atomic E-state index is 16.0. The highest BCUT2D eigenvalue weighted by atomic mass is 32.7. The van der Waals surface area contributed by atoms with Crippen LogP contribution in [0.25, 0.3) is 22.3 Å². The van der Waals surface area contributed by atoms with E-state index in [0.717, 1.165) is 10.9 Å². The topological polar surface area (TPSA) is 236 Å². The third-order valence-corrected chi connectivity index (χ3v) is 10.6. The molecule has 0 saturated carbocycles. The van der Waals surface area contributed by atoms with Crippen LogP contribution in [0.2, 0.25) is 0 Å². The second-order valence-corrected chi connectivity index (χ2v) is 15.9. The SMILES string of the molecule is Nc1nc2c(ncn2[C@@H]2O[C@@H]3CO[P@@](=O)(S)O[C@H]4[C@H](F)[C@H](n5cnc6c(N)ccnc65)O[C@@H]4CO[P@@](=O)(S)O[C@@H]2[C@@H]3F)c(=O)[nH]1. The Bertz CT molecular complexity index is 1950. The average Bonchev–Trinajstić information content (AvgIpc) is 3.72. The van der Waals surface area contributed by atoms with Gasteiger partial charge in [0.1, 0.15) is 29.9 Å². The van der Waals surface area contributed by atoms with E-state index in [4.69, 9.17) is 39.0 Å². The molecular weight excluding hydrogens is 686 g/mol. The van der Waals surface area contributed by atoms with Gasteiger partial charge in [0.05, 0.1) is 31.6 Å². The lowest BCUT2D eigenvalue weighted by molar-refractivity contribution is -0.0563. The van der Waals surface area contributed by atoms with E-state index in [-0.39, 0.29) is 34.0 Å². The fourth-order valence-corrected chi connectivity index (χ4v) is 8.25. The van der Waals surface area contributed by atoms with Crippen LogP contribution in [0, 0.1) is 0 Å². The summed E-state index contributed by atoms with van der Waals surface area (Å²) >= 11 is 7.95. The van der Waals surface area contributed by atoms with Crippen LogP contribution in [0.1, 0.15) is 12.5 Å². The minimum Gasteiger partial charge on any atom is -0.397 e. The van der Waals surface area contributed by atoms with Gasteiger partial charge in [-0.15, -0.1) is 0 Å². The fourth-order valence-electron chi connectivity index (χ4n) is 5.32. The molecule has 0 unspecified atom stereocenters. The molecule has 0 aliphatic carbocycles. The van der Waals surface area contributed by atoms with E-state index in [2.05, 4.69) is 49.4 Å². The molecule has 0 radical (unpaired) electrons. The van der Waals surface area contributed by atoms with E-state index in [1.807, 2.05) is 0 Å². The first kappa shape index (κ1) is 31.0. The molecule has 2 bridgehead atoms. The molecule has 3 aliphatic rings. The largest absolute Gasteiger partial charge is 0.397 e. The number of H-pyrrole nitrogens is 1. The first-order chi connectivity index (χ1) is 21.3. The number of nitrogens with one attached hydrogen (secondary N) is 1. The van der Waals surface area contributed by atoms with Gasteiger partial charge >= 0.3 is 13.6 Å². The molecule has 0 spiro atoms. The lowest BCUT2D eigenvalue weighted by Gasteiger charge is -2.26. The van der Waals surface area contributed by atoms with Crippen molar-refractivity contribution in [2.24, 2.45) is 0 Å². The number of nitrogens with zero attached hydrogens (tertiary/aromatic N) is 6. The Hall–Kier alpha value is -2.65. The van der Waals surface area contributed by atoms with E-state index < -0.39 is 81.6 Å². The van der Waals surface area contributed by atoms with Crippen molar-refractivity contribution in [1.82, 2.24) is 34.1 Å². The predicted octanol–water partition coefficient (Wildman–Crippen LogP) is 2.09. The Morgan fingerprint density at radius 1 is 0.867 bits per heavy atom. The number of alkyl halides is 2. The maximum absolute atomic E-state index is 16.0. The van der Waals surface area contributed by atoms with Crippen molar-refractivity contribution in [2.75, 3.05) is 24.7 Å². The number of imidazole rings is 2. The number of rotatable bonds is 2. The smallest absolute Gasteiger partial charge is 0.386 e. The lowest BCUT2D eigenvalue weighted by Crippen LogP contribution is -2.33. The Morgan fingerprint density at radius 2 is 1.49 bits per heavy atom. The highest BCUT2D eigenvalue weighted by Gasteiger charge is 2.54. The van der Waals surface area contributed by atoms with Crippen LogP contribution >= 0.6 is 38.1 Å². The van der Waals surface area contributed by atoms with Crippen molar-refractivity contribution in [3.05, 3.63) is 35.3 Å². The highest BCUT2D eigenvalue weighted by Crippen LogP contribution is 2.60. The standard InChI is InChI=1S/C21H23F2N9O9P2S2/c22-10-8-3-36-42(34,44)40-14-9(39-19(11(14)23)31-5-27-12-7(24)1-2-26-16(12)31)4-37-43(35,45)41-15(10)20(38-8)32-6-28-13-17(32)29-21(25)30-18(13)33/h1-2,5-6,8-11,14-15,19-20H,3-4H2,(H2,24,26)(H,34,44)(H,35,45)(H3,25,29,30,33)/t8-,9-,10-,11+,14-,15-,19-,20-,42-,43-/m1/s1. The Labute approximate surface area is 260 Å². The number of halogens is 2. The van der Waals surface area contributed by atoms with E-state index in [9.17, 15) is 13.9 Å². The molecule has 7 rings (SSSR count). The molecule has 3 saturated heterocycles. The Balaban J connectivity index is 1.21. The fraction of sp³-hybridized carbons (Fsp3) is 0.476. The number of aromatic nitrogens is 7. The zero-order valence-corrected chi connectivity index (χ0v) is 26.0. The molecule has 0 aromatic carbocycles. The third-order valence-electron chi connectivity index (χ3n) is 7.34. The van der Waals surface area contributed by atoms with Crippen molar-refractivity contribution >= 4 is 72.1 Å². The molecule has 4 aromatic heterocycles. The van der Waals surface area contributed by atoms with E-state index in [0.29, 0.717) is 0 Å². The van der Waals surface area contributed by atoms with Gasteiger partial charge in [-0.3, -0.25) is 37.0 Å². The van der Waals surface area contributed by atoms with Gasteiger partial charge in [0.25, 0.3) is 5.56 Å². The summed E-state index contributed by atoms with van der Waals surface area (Å²) in [5, 5.41) is 0. The summed E-state index contributed by atoms with van der Waals surface area (Å²) in [6, 6.07) is 1.51. The molecule has 7 heterocycles. The number of aromatic amines is 1. The van der Waals surface area contributed by atoms with E-state index in [1.54, 1.807) is 0 Å². The summed E-state index contributed by atoms with van der Waals surface area (Å²) in [6.45, 7) is -10.4. The molecule has 10 atom stereocenters. The lowest BCUT2D eigenvalue weighted by atomic mass is 10.1. The second-order valence-electron chi connectivity index (χ2n) is 10.2. The molecule has 242 valence electrons. The van der Waals surface area contributed by atoms with Crippen LogP contribution in [-0.2, 0) is 36.7 Å². The molecule has 3 aliphatic heterocycles. The highest BCUT2D eigenvalue weighted by molar-refractivity contribution is 8.44.